The van der Waals surface area contributed by atoms with Gasteiger partial charge in [0, 0.05) is 43.5 Å². The maximum Gasteiger partial charge on any atom is 0.334 e. The van der Waals surface area contributed by atoms with Crippen molar-refractivity contribution in [3.8, 4) is 0 Å². The summed E-state index contributed by atoms with van der Waals surface area (Å²) in [4.78, 5) is 26.7. The van der Waals surface area contributed by atoms with Crippen molar-refractivity contribution in [3.63, 3.8) is 0 Å². The fourth-order valence-corrected chi connectivity index (χ4v) is 11.0. The van der Waals surface area contributed by atoms with Crippen LogP contribution in [0.1, 0.15) is 104 Å². The Kier molecular flexibility index (Phi) is 10.0. The quantitative estimate of drug-likeness (QED) is 0.236. The fraction of sp³-hybridized carbons (Fsp3) is 0.889. The number of allylic oxidation sites excluding steroid dienone is 1. The second-order valence-electron chi connectivity index (χ2n) is 15.9. The first-order valence-corrected chi connectivity index (χ1v) is 18.2. The van der Waals surface area contributed by atoms with Gasteiger partial charge in [0.25, 0.3) is 0 Å². The number of ether oxygens (including phenoxy) is 3. The van der Waals surface area contributed by atoms with E-state index in [2.05, 4.69) is 12.2 Å². The van der Waals surface area contributed by atoms with Gasteiger partial charge in [0.2, 0.25) is 0 Å². The first-order chi connectivity index (χ1) is 21.6. The smallest absolute Gasteiger partial charge is 0.334 e. The van der Waals surface area contributed by atoms with Gasteiger partial charge in [-0.1, -0.05) is 25.3 Å². The lowest BCUT2D eigenvalue weighted by atomic mass is 9.49. The topological polar surface area (TPSA) is 145 Å². The molecule has 3 aliphatic heterocycles. The molecule has 6 N–H and O–H groups in total. The summed E-state index contributed by atoms with van der Waals surface area (Å²) in [5.74, 6) is 1.61. The van der Waals surface area contributed by atoms with Crippen LogP contribution in [0.15, 0.2) is 11.6 Å². The molecule has 0 amide bonds. The zero-order valence-electron chi connectivity index (χ0n) is 27.8. The van der Waals surface area contributed by atoms with Gasteiger partial charge in [-0.15, -0.1) is 0 Å². The van der Waals surface area contributed by atoms with Gasteiger partial charge >= 0.3 is 11.9 Å². The summed E-state index contributed by atoms with van der Waals surface area (Å²) >= 11 is 0. The summed E-state index contributed by atoms with van der Waals surface area (Å²) < 4.78 is 20.3. The minimum atomic E-state index is -0.753. The third-order valence-electron chi connectivity index (χ3n) is 13.4. The fourth-order valence-electron chi connectivity index (χ4n) is 11.0. The number of rotatable bonds is 8. The van der Waals surface area contributed by atoms with Gasteiger partial charge in [0.1, 0.15) is 23.5 Å². The molecule has 0 radical (unpaired) electrons. The predicted octanol–water partition coefficient (Wildman–Crippen LogP) is 3.21. The predicted molar refractivity (Wildman–Crippen MR) is 168 cm³/mol. The van der Waals surface area contributed by atoms with Crippen LogP contribution in [-0.4, -0.2) is 71.5 Å². The first-order valence-electron chi connectivity index (χ1n) is 18.2. The van der Waals surface area contributed by atoms with Crippen molar-refractivity contribution in [2.75, 3.05) is 19.8 Å². The average molecular weight is 632 g/mol. The monoisotopic (exact) mass is 631 g/mol. The number of aliphatic hydroxyl groups is 2. The Balaban J connectivity index is 1.32. The maximum absolute atomic E-state index is 13.6. The third kappa shape index (κ3) is 6.26. The van der Waals surface area contributed by atoms with Crippen LogP contribution >= 0.6 is 0 Å². The molecule has 3 heterocycles. The molecule has 0 aromatic carbocycles. The summed E-state index contributed by atoms with van der Waals surface area (Å²) in [6, 6.07) is 0. The lowest BCUT2D eigenvalue weighted by molar-refractivity contribution is -0.704. The van der Waals surface area contributed by atoms with Crippen LogP contribution < -0.4 is 11.1 Å². The number of esters is 2. The molecule has 0 bridgehead atoms. The first kappa shape index (κ1) is 33.4. The van der Waals surface area contributed by atoms with Crippen LogP contribution in [0.25, 0.3) is 0 Å². The van der Waals surface area contributed by atoms with Crippen LogP contribution in [0.3, 0.4) is 0 Å². The summed E-state index contributed by atoms with van der Waals surface area (Å²) in [6.45, 7) is 6.87. The molecule has 1 spiro atoms. The molecule has 0 aromatic rings. The van der Waals surface area contributed by atoms with E-state index < -0.39 is 11.2 Å². The van der Waals surface area contributed by atoms with Crippen LogP contribution in [0.5, 0.6) is 0 Å². The molecule has 6 aliphatic rings. The maximum atomic E-state index is 13.6. The standard InChI is InChI=1S/C36H58N2O7/c1-4-21(2)33(41)45-35(3)17-23-7-5-6-8-28(23)32(24-9-10-31(37)38-19-24)36(35)18-27-15-25-14-26(13-22(20-40)11-12-39)34(42)43-29(25)16-30(27)44-36/h4,22-32,38-40H,5-20,37H2,1-3H3/p+1/t22-,23?,24?,25?,26?,27?,28?,29?,30?,31?,32-,35-,36+/m1/s1. The molecular weight excluding hydrogens is 572 g/mol. The van der Waals surface area contributed by atoms with Gasteiger partial charge in [0.15, 0.2) is 0 Å². The average Bonchev–Trinajstić information content (AvgIpc) is 3.40. The molecule has 9 heteroatoms. The van der Waals surface area contributed by atoms with Crippen LogP contribution in [0.4, 0.5) is 0 Å². The van der Waals surface area contributed by atoms with Crippen molar-refractivity contribution in [3.05, 3.63) is 11.6 Å². The Hall–Kier alpha value is -1.52. The van der Waals surface area contributed by atoms with E-state index in [1.807, 2.05) is 19.9 Å². The van der Waals surface area contributed by atoms with Gasteiger partial charge < -0.3 is 29.7 Å². The number of aliphatic hydroxyl groups excluding tert-OH is 2. The molecule has 6 fully saturated rings. The second kappa shape index (κ2) is 13.5. The number of carbonyl (C=O) groups is 2. The molecule has 13 atom stereocenters. The van der Waals surface area contributed by atoms with Gasteiger partial charge in [-0.2, -0.15) is 0 Å². The summed E-state index contributed by atoms with van der Waals surface area (Å²) in [7, 11) is 0. The summed E-state index contributed by atoms with van der Waals surface area (Å²) in [6.07, 6.45) is 13.9. The molecule has 254 valence electrons. The Morgan fingerprint density at radius 1 is 1.07 bits per heavy atom. The largest absolute Gasteiger partial charge is 0.462 e. The van der Waals surface area contributed by atoms with Gasteiger partial charge in [-0.25, -0.2) is 4.79 Å². The molecule has 0 aromatic heterocycles. The molecule has 3 saturated heterocycles. The van der Waals surface area contributed by atoms with E-state index in [-0.39, 0.29) is 67.2 Å². The molecule has 9 unspecified atom stereocenters. The number of quaternary nitrogens is 1. The van der Waals surface area contributed by atoms with Crippen LogP contribution in [0.2, 0.25) is 0 Å². The van der Waals surface area contributed by atoms with Crippen LogP contribution in [-0.2, 0) is 23.8 Å². The Labute approximate surface area is 269 Å². The number of hydrogen-bond acceptors (Lipinski definition) is 8. The Morgan fingerprint density at radius 2 is 1.87 bits per heavy atom. The van der Waals surface area contributed by atoms with Crippen molar-refractivity contribution in [1.82, 2.24) is 0 Å². The van der Waals surface area contributed by atoms with Crippen molar-refractivity contribution in [1.29, 1.82) is 0 Å². The molecule has 9 nitrogen and oxygen atoms in total. The number of hydrogen-bond donors (Lipinski definition) is 4. The number of fused-ring (bicyclic) bond motifs is 3. The van der Waals surface area contributed by atoms with Crippen molar-refractivity contribution < 1.29 is 39.3 Å². The molecule has 3 saturated carbocycles. The number of nitrogens with two attached hydrogens (primary N) is 2. The minimum absolute atomic E-state index is 0.00679. The second-order valence-corrected chi connectivity index (χ2v) is 15.9. The summed E-state index contributed by atoms with van der Waals surface area (Å²) in [5, 5.41) is 21.6. The van der Waals surface area contributed by atoms with Crippen LogP contribution in [0, 0.1) is 47.3 Å². The number of piperidine rings is 1. The minimum Gasteiger partial charge on any atom is -0.462 e. The van der Waals surface area contributed by atoms with E-state index in [0.717, 1.165) is 45.1 Å². The van der Waals surface area contributed by atoms with Crippen molar-refractivity contribution in [2.24, 2.45) is 53.1 Å². The van der Waals surface area contributed by atoms with Gasteiger partial charge in [0.05, 0.1) is 18.6 Å². The zero-order chi connectivity index (χ0) is 31.9. The zero-order valence-corrected chi connectivity index (χ0v) is 27.8. The highest BCUT2D eigenvalue weighted by molar-refractivity contribution is 5.88. The van der Waals surface area contributed by atoms with E-state index in [9.17, 15) is 19.8 Å². The molecule has 3 aliphatic carbocycles. The molecule has 6 rings (SSSR count). The van der Waals surface area contributed by atoms with E-state index in [0.29, 0.717) is 48.5 Å². The SMILES string of the molecule is CC=C(C)C(=O)O[C@]1(C)CC2CCCCC2[C@@H](C2CCC(N)[NH2+]C2)[C@@]12CC1CC3CC(C[C@H](CO)CCO)C(=O)OC3CC1O2. The van der Waals surface area contributed by atoms with E-state index in [1.165, 1.54) is 25.7 Å². The lowest BCUT2D eigenvalue weighted by Gasteiger charge is -2.61. The van der Waals surface area contributed by atoms with E-state index in [1.54, 1.807) is 0 Å². The molecule has 45 heavy (non-hydrogen) atoms. The summed E-state index contributed by atoms with van der Waals surface area (Å²) in [5.41, 5.74) is 5.67. The van der Waals surface area contributed by atoms with Crippen molar-refractivity contribution >= 4 is 11.9 Å². The van der Waals surface area contributed by atoms with E-state index >= 15 is 0 Å². The Morgan fingerprint density at radius 3 is 2.58 bits per heavy atom. The lowest BCUT2D eigenvalue weighted by Crippen LogP contribution is -2.96. The van der Waals surface area contributed by atoms with Crippen molar-refractivity contribution in [2.45, 2.75) is 134 Å². The highest BCUT2D eigenvalue weighted by Crippen LogP contribution is 2.64. The van der Waals surface area contributed by atoms with Gasteiger partial charge in [-0.3, -0.25) is 10.5 Å². The Bertz CT molecular complexity index is 1110. The third-order valence-corrected chi connectivity index (χ3v) is 13.4. The molecular formula is C36H59N2O7+. The number of carbonyl (C=O) groups excluding carboxylic acids is 2. The normalized spacial score (nSPS) is 45.6. The highest BCUT2D eigenvalue weighted by Gasteiger charge is 2.70. The highest BCUT2D eigenvalue weighted by atomic mass is 16.6. The van der Waals surface area contributed by atoms with Gasteiger partial charge in [-0.05, 0) is 102 Å². The van der Waals surface area contributed by atoms with E-state index in [4.69, 9.17) is 19.9 Å².